The zero-order valence-electron chi connectivity index (χ0n) is 17.6. The fourth-order valence-electron chi connectivity index (χ4n) is 3.45. The van der Waals surface area contributed by atoms with Crippen molar-refractivity contribution in [1.29, 1.82) is 0 Å². The second-order valence-corrected chi connectivity index (χ2v) is 9.63. The van der Waals surface area contributed by atoms with Crippen LogP contribution in [0.5, 0.6) is 11.5 Å². The first-order valence-electron chi connectivity index (χ1n) is 10.3. The lowest BCUT2D eigenvalue weighted by molar-refractivity contribution is -0.122. The first-order chi connectivity index (χ1) is 14.8. The molecule has 9 heteroatoms. The highest BCUT2D eigenvalue weighted by molar-refractivity contribution is 7.89. The predicted molar refractivity (Wildman–Crippen MR) is 120 cm³/mol. The van der Waals surface area contributed by atoms with Crippen LogP contribution in [0.4, 0.5) is 5.69 Å². The zero-order valence-corrected chi connectivity index (χ0v) is 19.2. The Morgan fingerprint density at radius 1 is 1.16 bits per heavy atom. The van der Waals surface area contributed by atoms with E-state index in [9.17, 15) is 13.2 Å². The van der Waals surface area contributed by atoms with Crippen molar-refractivity contribution >= 4 is 33.2 Å². The molecule has 1 amide bonds. The topological polar surface area (TPSA) is 84.9 Å². The third-order valence-electron chi connectivity index (χ3n) is 5.10. The minimum atomic E-state index is -3.73. The van der Waals surface area contributed by atoms with Gasteiger partial charge in [0.05, 0.1) is 7.11 Å². The highest BCUT2D eigenvalue weighted by Crippen LogP contribution is 2.31. The minimum absolute atomic E-state index is 0.0403. The van der Waals surface area contributed by atoms with Gasteiger partial charge in [0.2, 0.25) is 10.0 Å². The molecular weight excluding hydrogens is 440 g/mol. The van der Waals surface area contributed by atoms with Gasteiger partial charge in [-0.05, 0) is 55.7 Å². The van der Waals surface area contributed by atoms with Crippen molar-refractivity contribution in [1.82, 2.24) is 4.31 Å². The Kier molecular flexibility index (Phi) is 7.80. The van der Waals surface area contributed by atoms with E-state index in [0.29, 0.717) is 36.0 Å². The molecule has 0 aliphatic carbocycles. The van der Waals surface area contributed by atoms with Crippen LogP contribution in [0.2, 0.25) is 5.02 Å². The van der Waals surface area contributed by atoms with Gasteiger partial charge in [0.25, 0.3) is 5.91 Å². The smallest absolute Gasteiger partial charge is 0.265 e. The summed E-state index contributed by atoms with van der Waals surface area (Å²) in [5.41, 5.74) is 0.356. The van der Waals surface area contributed by atoms with E-state index in [4.69, 9.17) is 21.1 Å². The van der Waals surface area contributed by atoms with Crippen LogP contribution in [-0.4, -0.2) is 44.9 Å². The number of methoxy groups -OCH3 is 1. The molecule has 1 N–H and O–H groups in total. The summed E-state index contributed by atoms with van der Waals surface area (Å²) < 4.78 is 38.9. The van der Waals surface area contributed by atoms with Crippen molar-refractivity contribution in [2.24, 2.45) is 0 Å². The highest BCUT2D eigenvalue weighted by Gasteiger charge is 2.29. The standard InChI is InChI=1S/C22H27ClN2O5S/c1-3-19(30-18-9-7-8-16(23)14-18)22(26)24-17-10-11-20(29-2)21(15-17)31(27,28)25-12-5-4-6-13-25/h7-11,14-15,19H,3-6,12-13H2,1-2H3,(H,24,26). The van der Waals surface area contributed by atoms with Gasteiger partial charge < -0.3 is 14.8 Å². The normalized spacial score (nSPS) is 15.8. The number of anilines is 1. The van der Waals surface area contributed by atoms with E-state index in [-0.39, 0.29) is 16.6 Å². The SMILES string of the molecule is CCC(Oc1cccc(Cl)c1)C(=O)Nc1ccc(OC)c(S(=O)(=O)N2CCCCC2)c1. The minimum Gasteiger partial charge on any atom is -0.495 e. The molecule has 1 atom stereocenters. The lowest BCUT2D eigenvalue weighted by Gasteiger charge is -2.26. The third kappa shape index (κ3) is 5.70. The molecule has 1 heterocycles. The molecule has 0 aromatic heterocycles. The third-order valence-corrected chi connectivity index (χ3v) is 7.26. The Morgan fingerprint density at radius 2 is 1.90 bits per heavy atom. The molecule has 168 valence electrons. The Bertz CT molecular complexity index is 1020. The van der Waals surface area contributed by atoms with Gasteiger partial charge in [-0.2, -0.15) is 4.31 Å². The number of ether oxygens (including phenoxy) is 2. The number of piperidine rings is 1. The number of nitrogens with one attached hydrogen (secondary N) is 1. The number of nitrogens with zero attached hydrogens (tertiary/aromatic N) is 1. The molecule has 1 fully saturated rings. The van der Waals surface area contributed by atoms with Crippen LogP contribution in [0.25, 0.3) is 0 Å². The maximum Gasteiger partial charge on any atom is 0.265 e. The molecule has 0 bridgehead atoms. The fourth-order valence-corrected chi connectivity index (χ4v) is 5.33. The average molecular weight is 467 g/mol. The number of amides is 1. The number of halogens is 1. The summed E-state index contributed by atoms with van der Waals surface area (Å²) in [5, 5.41) is 3.27. The first kappa shape index (κ1) is 23.4. The Hall–Kier alpha value is -2.29. The van der Waals surface area contributed by atoms with E-state index < -0.39 is 16.1 Å². The number of rotatable bonds is 8. The Balaban J connectivity index is 1.80. The molecule has 1 unspecified atom stereocenters. The van der Waals surface area contributed by atoms with Gasteiger partial charge in [0.15, 0.2) is 6.10 Å². The maximum absolute atomic E-state index is 13.2. The number of benzene rings is 2. The summed E-state index contributed by atoms with van der Waals surface area (Å²) in [4.78, 5) is 12.8. The first-order valence-corrected chi connectivity index (χ1v) is 12.1. The van der Waals surface area contributed by atoms with Gasteiger partial charge >= 0.3 is 0 Å². The van der Waals surface area contributed by atoms with Crippen LogP contribution < -0.4 is 14.8 Å². The molecule has 0 spiro atoms. The molecule has 1 saturated heterocycles. The van der Waals surface area contributed by atoms with Gasteiger partial charge in [-0.1, -0.05) is 31.0 Å². The van der Waals surface area contributed by atoms with Crippen LogP contribution >= 0.6 is 11.6 Å². The second-order valence-electron chi connectivity index (χ2n) is 7.29. The lowest BCUT2D eigenvalue weighted by atomic mass is 10.2. The quantitative estimate of drug-likeness (QED) is 0.626. The van der Waals surface area contributed by atoms with Crippen molar-refractivity contribution in [2.45, 2.75) is 43.6 Å². The van der Waals surface area contributed by atoms with Crippen LogP contribution in [0.15, 0.2) is 47.4 Å². The van der Waals surface area contributed by atoms with Gasteiger partial charge in [-0.3, -0.25) is 4.79 Å². The van der Waals surface area contributed by atoms with E-state index in [0.717, 1.165) is 19.3 Å². The number of carbonyl (C=O) groups excluding carboxylic acids is 1. The molecule has 7 nitrogen and oxygen atoms in total. The molecule has 3 rings (SSSR count). The summed E-state index contributed by atoms with van der Waals surface area (Å²) in [5.74, 6) is 0.345. The molecule has 1 aliphatic rings. The van der Waals surface area contributed by atoms with E-state index in [1.807, 2.05) is 6.92 Å². The van der Waals surface area contributed by atoms with Crippen molar-refractivity contribution in [3.05, 3.63) is 47.5 Å². The number of sulfonamides is 1. The molecule has 1 aliphatic heterocycles. The van der Waals surface area contributed by atoms with Crippen molar-refractivity contribution in [3.8, 4) is 11.5 Å². The van der Waals surface area contributed by atoms with Crippen molar-refractivity contribution < 1.29 is 22.7 Å². The second kappa shape index (κ2) is 10.3. The van der Waals surface area contributed by atoms with Gasteiger partial charge in [-0.15, -0.1) is 0 Å². The molecule has 31 heavy (non-hydrogen) atoms. The molecule has 2 aromatic carbocycles. The average Bonchev–Trinajstić information content (AvgIpc) is 2.78. The summed E-state index contributed by atoms with van der Waals surface area (Å²) >= 11 is 5.98. The number of carbonyl (C=O) groups is 1. The monoisotopic (exact) mass is 466 g/mol. The molecule has 0 radical (unpaired) electrons. The predicted octanol–water partition coefficient (Wildman–Crippen LogP) is 4.32. The van der Waals surface area contributed by atoms with Crippen LogP contribution in [0.3, 0.4) is 0 Å². The summed E-state index contributed by atoms with van der Waals surface area (Å²) in [7, 11) is -2.31. The molecule has 0 saturated carbocycles. The largest absolute Gasteiger partial charge is 0.495 e. The number of hydrogen-bond acceptors (Lipinski definition) is 5. The van der Waals surface area contributed by atoms with E-state index in [2.05, 4.69) is 5.32 Å². The van der Waals surface area contributed by atoms with Crippen LogP contribution in [0, 0.1) is 0 Å². The maximum atomic E-state index is 13.2. The molecular formula is C22H27ClN2O5S. The zero-order chi connectivity index (χ0) is 22.4. The van der Waals surface area contributed by atoms with Gasteiger partial charge in [-0.25, -0.2) is 8.42 Å². The van der Waals surface area contributed by atoms with E-state index in [1.165, 1.54) is 17.5 Å². The Morgan fingerprint density at radius 3 is 2.55 bits per heavy atom. The van der Waals surface area contributed by atoms with E-state index >= 15 is 0 Å². The van der Waals surface area contributed by atoms with Crippen LogP contribution in [-0.2, 0) is 14.8 Å². The van der Waals surface area contributed by atoms with Gasteiger partial charge in [0, 0.05) is 23.8 Å². The summed E-state index contributed by atoms with van der Waals surface area (Å²) in [6.45, 7) is 2.79. The summed E-state index contributed by atoms with van der Waals surface area (Å²) in [6.07, 6.45) is 2.34. The Labute approximate surface area is 188 Å². The van der Waals surface area contributed by atoms with Gasteiger partial charge in [0.1, 0.15) is 16.4 Å². The van der Waals surface area contributed by atoms with Crippen LogP contribution in [0.1, 0.15) is 32.6 Å². The lowest BCUT2D eigenvalue weighted by Crippen LogP contribution is -2.36. The molecule has 2 aromatic rings. The highest BCUT2D eigenvalue weighted by atomic mass is 35.5. The van der Waals surface area contributed by atoms with E-state index in [1.54, 1.807) is 36.4 Å². The van der Waals surface area contributed by atoms with Crippen molar-refractivity contribution in [2.75, 3.05) is 25.5 Å². The fraction of sp³-hybridized carbons (Fsp3) is 0.409. The summed E-state index contributed by atoms with van der Waals surface area (Å²) in [6, 6.07) is 11.4. The number of hydrogen-bond donors (Lipinski definition) is 1. The van der Waals surface area contributed by atoms with Crippen molar-refractivity contribution in [3.63, 3.8) is 0 Å².